The zero-order chi connectivity index (χ0) is 17.7. The van der Waals surface area contributed by atoms with Crippen LogP contribution in [0.4, 0.5) is 5.82 Å². The molecule has 0 unspecified atom stereocenters. The summed E-state index contributed by atoms with van der Waals surface area (Å²) in [4.78, 5) is 12.2. The van der Waals surface area contributed by atoms with Gasteiger partial charge in [0.1, 0.15) is 5.82 Å². The predicted octanol–water partition coefficient (Wildman–Crippen LogP) is 5.34. The van der Waals surface area contributed by atoms with E-state index in [1.54, 1.807) is 4.68 Å². The summed E-state index contributed by atoms with van der Waals surface area (Å²) >= 11 is 5.97. The molecule has 1 N–H and O–H groups in total. The summed E-state index contributed by atoms with van der Waals surface area (Å²) in [6, 6.07) is 9.39. The zero-order valence-corrected chi connectivity index (χ0v) is 15.7. The number of unbranched alkanes of at least 4 members (excludes halogenated alkanes) is 2. The van der Waals surface area contributed by atoms with Gasteiger partial charge in [0, 0.05) is 22.9 Å². The minimum absolute atomic E-state index is 0.0269. The van der Waals surface area contributed by atoms with Crippen molar-refractivity contribution in [1.82, 2.24) is 9.78 Å². The average Bonchev–Trinajstić information content (AvgIpc) is 2.92. The molecule has 0 saturated carbocycles. The standard InChI is InChI=1S/C19H26ClN3O/c1-5-6-7-8-18(24)21-17-13-16(19(2,3)4)22-23(17)15-11-9-14(20)10-12-15/h9-13H,5-8H2,1-4H3,(H,21,24). The molecule has 24 heavy (non-hydrogen) atoms. The minimum Gasteiger partial charge on any atom is -0.311 e. The van der Waals surface area contributed by atoms with Gasteiger partial charge in [0.05, 0.1) is 11.4 Å². The number of benzene rings is 1. The van der Waals surface area contributed by atoms with Crippen LogP contribution in [0.2, 0.25) is 5.02 Å². The first-order valence-electron chi connectivity index (χ1n) is 8.47. The third-order valence-corrected chi connectivity index (χ3v) is 4.08. The van der Waals surface area contributed by atoms with Crippen molar-refractivity contribution < 1.29 is 4.79 Å². The van der Waals surface area contributed by atoms with Crippen LogP contribution in [0.5, 0.6) is 0 Å². The van der Waals surface area contributed by atoms with Gasteiger partial charge < -0.3 is 5.32 Å². The van der Waals surface area contributed by atoms with Crippen molar-refractivity contribution in [1.29, 1.82) is 0 Å². The van der Waals surface area contributed by atoms with Gasteiger partial charge in [0.25, 0.3) is 0 Å². The molecule has 0 saturated heterocycles. The van der Waals surface area contributed by atoms with Gasteiger partial charge >= 0.3 is 0 Å². The Bertz CT molecular complexity index is 684. The smallest absolute Gasteiger partial charge is 0.225 e. The second kappa shape index (κ2) is 7.84. The Morgan fingerprint density at radius 1 is 1.21 bits per heavy atom. The van der Waals surface area contributed by atoms with E-state index in [1.165, 1.54) is 0 Å². The number of nitrogens with one attached hydrogen (secondary N) is 1. The fraction of sp³-hybridized carbons (Fsp3) is 0.474. The van der Waals surface area contributed by atoms with E-state index in [0.717, 1.165) is 30.6 Å². The van der Waals surface area contributed by atoms with Crippen LogP contribution in [-0.4, -0.2) is 15.7 Å². The van der Waals surface area contributed by atoms with Crippen LogP contribution in [0.15, 0.2) is 30.3 Å². The molecule has 4 nitrogen and oxygen atoms in total. The van der Waals surface area contributed by atoms with Crippen LogP contribution in [0, 0.1) is 0 Å². The van der Waals surface area contributed by atoms with Crippen LogP contribution in [-0.2, 0) is 10.2 Å². The molecule has 130 valence electrons. The first kappa shape index (κ1) is 18.5. The molecular weight excluding hydrogens is 322 g/mol. The van der Waals surface area contributed by atoms with E-state index in [4.69, 9.17) is 11.6 Å². The number of nitrogens with zero attached hydrogens (tertiary/aromatic N) is 2. The Balaban J connectivity index is 2.29. The van der Waals surface area contributed by atoms with Gasteiger partial charge in [0.2, 0.25) is 5.91 Å². The second-order valence-corrected chi connectivity index (χ2v) is 7.49. The summed E-state index contributed by atoms with van der Waals surface area (Å²) in [5, 5.41) is 8.37. The Morgan fingerprint density at radius 2 is 1.88 bits per heavy atom. The molecule has 2 rings (SSSR count). The highest BCUT2D eigenvalue weighted by molar-refractivity contribution is 6.30. The molecule has 1 aromatic carbocycles. The zero-order valence-electron chi connectivity index (χ0n) is 14.9. The fourth-order valence-corrected chi connectivity index (χ4v) is 2.48. The highest BCUT2D eigenvalue weighted by Gasteiger charge is 2.21. The summed E-state index contributed by atoms with van der Waals surface area (Å²) in [5.74, 6) is 0.725. The number of carbonyl (C=O) groups excluding carboxylic acids is 1. The van der Waals surface area contributed by atoms with Crippen LogP contribution in [0.25, 0.3) is 5.69 Å². The van der Waals surface area contributed by atoms with E-state index in [0.29, 0.717) is 17.3 Å². The number of halogens is 1. The predicted molar refractivity (Wildman–Crippen MR) is 100 cm³/mol. The molecule has 0 atom stereocenters. The lowest BCUT2D eigenvalue weighted by Crippen LogP contribution is -2.14. The highest BCUT2D eigenvalue weighted by Crippen LogP contribution is 2.27. The molecule has 0 fully saturated rings. The highest BCUT2D eigenvalue weighted by atomic mass is 35.5. The van der Waals surface area contributed by atoms with Crippen molar-refractivity contribution in [3.63, 3.8) is 0 Å². The SMILES string of the molecule is CCCCCC(=O)Nc1cc(C(C)(C)C)nn1-c1ccc(Cl)cc1. The summed E-state index contributed by atoms with van der Waals surface area (Å²) in [5.41, 5.74) is 1.71. The lowest BCUT2D eigenvalue weighted by molar-refractivity contribution is -0.116. The van der Waals surface area contributed by atoms with E-state index in [1.807, 2.05) is 30.3 Å². The van der Waals surface area contributed by atoms with E-state index in [-0.39, 0.29) is 11.3 Å². The third-order valence-electron chi connectivity index (χ3n) is 3.82. The quantitative estimate of drug-likeness (QED) is 0.717. The number of amides is 1. The van der Waals surface area contributed by atoms with Crippen molar-refractivity contribution in [3.05, 3.63) is 41.0 Å². The molecule has 1 aromatic heterocycles. The Kier molecular flexibility index (Phi) is 6.05. The van der Waals surface area contributed by atoms with Gasteiger partial charge in [-0.15, -0.1) is 0 Å². The van der Waals surface area contributed by atoms with Crippen molar-refractivity contribution in [2.45, 2.75) is 58.8 Å². The molecule has 0 aliphatic rings. The van der Waals surface area contributed by atoms with E-state index < -0.39 is 0 Å². The number of rotatable bonds is 6. The van der Waals surface area contributed by atoms with Crippen molar-refractivity contribution in [3.8, 4) is 5.69 Å². The molecule has 0 aliphatic heterocycles. The van der Waals surface area contributed by atoms with Gasteiger partial charge in [0.15, 0.2) is 0 Å². The van der Waals surface area contributed by atoms with Crippen molar-refractivity contribution in [2.75, 3.05) is 5.32 Å². The number of carbonyl (C=O) groups is 1. The number of hydrogen-bond acceptors (Lipinski definition) is 2. The molecule has 0 spiro atoms. The van der Waals surface area contributed by atoms with Crippen molar-refractivity contribution >= 4 is 23.3 Å². The molecule has 0 bridgehead atoms. The van der Waals surface area contributed by atoms with Crippen LogP contribution >= 0.6 is 11.6 Å². The Labute approximate surface area is 149 Å². The van der Waals surface area contributed by atoms with E-state index in [2.05, 4.69) is 38.1 Å². The van der Waals surface area contributed by atoms with Crippen LogP contribution < -0.4 is 5.32 Å². The van der Waals surface area contributed by atoms with Gasteiger partial charge in [-0.3, -0.25) is 4.79 Å². The number of anilines is 1. The van der Waals surface area contributed by atoms with Crippen LogP contribution in [0.3, 0.4) is 0 Å². The van der Waals surface area contributed by atoms with Gasteiger partial charge in [-0.05, 0) is 30.7 Å². The molecular formula is C19H26ClN3O. The molecule has 0 radical (unpaired) electrons. The fourth-order valence-electron chi connectivity index (χ4n) is 2.36. The summed E-state index contributed by atoms with van der Waals surface area (Å²) in [6.45, 7) is 8.44. The first-order chi connectivity index (χ1) is 11.3. The minimum atomic E-state index is -0.0979. The monoisotopic (exact) mass is 347 g/mol. The lowest BCUT2D eigenvalue weighted by Gasteiger charge is -2.14. The number of hydrogen-bond donors (Lipinski definition) is 1. The Hall–Kier alpha value is -1.81. The van der Waals surface area contributed by atoms with E-state index >= 15 is 0 Å². The average molecular weight is 348 g/mol. The lowest BCUT2D eigenvalue weighted by atomic mass is 9.92. The van der Waals surface area contributed by atoms with Gasteiger partial charge in [-0.1, -0.05) is 52.1 Å². The van der Waals surface area contributed by atoms with Gasteiger partial charge in [-0.25, -0.2) is 4.68 Å². The molecule has 2 aromatic rings. The molecule has 0 aliphatic carbocycles. The van der Waals surface area contributed by atoms with Gasteiger partial charge in [-0.2, -0.15) is 5.10 Å². The topological polar surface area (TPSA) is 46.9 Å². The Morgan fingerprint density at radius 3 is 2.46 bits per heavy atom. The third kappa shape index (κ3) is 4.84. The van der Waals surface area contributed by atoms with E-state index in [9.17, 15) is 4.79 Å². The second-order valence-electron chi connectivity index (χ2n) is 7.06. The first-order valence-corrected chi connectivity index (χ1v) is 8.85. The largest absolute Gasteiger partial charge is 0.311 e. The summed E-state index contributed by atoms with van der Waals surface area (Å²) < 4.78 is 1.77. The summed E-state index contributed by atoms with van der Waals surface area (Å²) in [7, 11) is 0. The normalized spacial score (nSPS) is 11.5. The summed E-state index contributed by atoms with van der Waals surface area (Å²) in [6.07, 6.45) is 3.61. The molecule has 5 heteroatoms. The van der Waals surface area contributed by atoms with Crippen LogP contribution in [0.1, 0.15) is 59.1 Å². The number of aromatic nitrogens is 2. The maximum Gasteiger partial charge on any atom is 0.225 e. The maximum atomic E-state index is 12.2. The molecule has 1 heterocycles. The maximum absolute atomic E-state index is 12.2. The molecule has 1 amide bonds. The van der Waals surface area contributed by atoms with Crippen molar-refractivity contribution in [2.24, 2.45) is 0 Å².